The SMILES string of the molecule is CCCCCCOCC[C@@H]1CSC[C@@H]1CC=CCCCC(=O)O. The number of carboxylic acids is 1. The van der Waals surface area contributed by atoms with Crippen LogP contribution in [0.1, 0.15) is 64.7 Å². The van der Waals surface area contributed by atoms with E-state index in [1.54, 1.807) is 0 Å². The molecule has 1 rings (SSSR count). The van der Waals surface area contributed by atoms with Crippen molar-refractivity contribution in [2.24, 2.45) is 11.8 Å². The molecule has 23 heavy (non-hydrogen) atoms. The van der Waals surface area contributed by atoms with Gasteiger partial charge in [-0.2, -0.15) is 11.8 Å². The van der Waals surface area contributed by atoms with E-state index in [9.17, 15) is 4.79 Å². The van der Waals surface area contributed by atoms with Gasteiger partial charge in [0.05, 0.1) is 0 Å². The molecule has 1 aliphatic rings. The third-order valence-corrected chi connectivity index (χ3v) is 5.80. The molecule has 1 saturated heterocycles. The molecule has 1 heterocycles. The quantitative estimate of drug-likeness (QED) is 0.350. The fourth-order valence-corrected chi connectivity index (χ4v) is 4.54. The molecular formula is C19H34O3S. The summed E-state index contributed by atoms with van der Waals surface area (Å²) >= 11 is 2.07. The van der Waals surface area contributed by atoms with E-state index in [1.807, 2.05) is 0 Å². The topological polar surface area (TPSA) is 46.5 Å². The number of ether oxygens (including phenoxy) is 1. The molecule has 0 spiro atoms. The van der Waals surface area contributed by atoms with Crippen molar-refractivity contribution in [3.05, 3.63) is 12.2 Å². The molecule has 134 valence electrons. The van der Waals surface area contributed by atoms with Crippen molar-refractivity contribution in [1.82, 2.24) is 0 Å². The fraction of sp³-hybridized carbons (Fsp3) is 0.842. The maximum Gasteiger partial charge on any atom is 0.303 e. The number of hydrogen-bond donors (Lipinski definition) is 1. The second kappa shape index (κ2) is 13.9. The first-order valence-corrected chi connectivity index (χ1v) is 10.4. The maximum absolute atomic E-state index is 10.4. The summed E-state index contributed by atoms with van der Waals surface area (Å²) in [5, 5.41) is 8.60. The molecule has 0 aromatic rings. The minimum absolute atomic E-state index is 0.280. The molecule has 1 aliphatic heterocycles. The van der Waals surface area contributed by atoms with Crippen LogP contribution in [-0.4, -0.2) is 35.8 Å². The van der Waals surface area contributed by atoms with Crippen LogP contribution in [0.3, 0.4) is 0 Å². The Bertz CT molecular complexity index is 331. The largest absolute Gasteiger partial charge is 0.481 e. The average molecular weight is 343 g/mol. The lowest BCUT2D eigenvalue weighted by Crippen LogP contribution is -2.14. The van der Waals surface area contributed by atoms with Crippen LogP contribution in [0.25, 0.3) is 0 Å². The monoisotopic (exact) mass is 342 g/mol. The van der Waals surface area contributed by atoms with Gasteiger partial charge in [-0.25, -0.2) is 0 Å². The van der Waals surface area contributed by atoms with Crippen molar-refractivity contribution in [2.75, 3.05) is 24.7 Å². The van der Waals surface area contributed by atoms with Gasteiger partial charge in [0.2, 0.25) is 0 Å². The number of carboxylic acid groups (broad SMARTS) is 1. The summed E-state index contributed by atoms with van der Waals surface area (Å²) < 4.78 is 5.79. The first kappa shape index (κ1) is 20.6. The molecule has 0 aromatic carbocycles. The van der Waals surface area contributed by atoms with Gasteiger partial charge in [-0.15, -0.1) is 0 Å². The average Bonchev–Trinajstić information content (AvgIpc) is 2.97. The molecule has 0 bridgehead atoms. The van der Waals surface area contributed by atoms with Crippen molar-refractivity contribution < 1.29 is 14.6 Å². The Morgan fingerprint density at radius 2 is 1.96 bits per heavy atom. The van der Waals surface area contributed by atoms with Gasteiger partial charge < -0.3 is 9.84 Å². The summed E-state index contributed by atoms with van der Waals surface area (Å²) in [6, 6.07) is 0. The van der Waals surface area contributed by atoms with Crippen LogP contribution >= 0.6 is 11.8 Å². The summed E-state index contributed by atoms with van der Waals surface area (Å²) in [7, 11) is 0. The van der Waals surface area contributed by atoms with Crippen molar-refractivity contribution in [1.29, 1.82) is 0 Å². The molecule has 1 N–H and O–H groups in total. The second-order valence-corrected chi connectivity index (χ2v) is 7.59. The predicted octanol–water partition coefficient (Wildman–Crippen LogP) is 5.15. The Hall–Kier alpha value is -0.480. The van der Waals surface area contributed by atoms with Gasteiger partial charge in [0.1, 0.15) is 0 Å². The van der Waals surface area contributed by atoms with Gasteiger partial charge in [-0.3, -0.25) is 4.79 Å². The lowest BCUT2D eigenvalue weighted by atomic mass is 9.90. The first-order valence-electron chi connectivity index (χ1n) is 9.26. The molecule has 4 heteroatoms. The summed E-state index contributed by atoms with van der Waals surface area (Å²) in [5.74, 6) is 3.41. The number of aliphatic carboxylic acids is 1. The predicted molar refractivity (Wildman–Crippen MR) is 99.1 cm³/mol. The lowest BCUT2D eigenvalue weighted by molar-refractivity contribution is -0.137. The maximum atomic E-state index is 10.4. The number of carbonyl (C=O) groups is 1. The molecule has 1 fully saturated rings. The zero-order valence-electron chi connectivity index (χ0n) is 14.7. The van der Waals surface area contributed by atoms with Crippen molar-refractivity contribution in [3.8, 4) is 0 Å². The van der Waals surface area contributed by atoms with Crippen LogP contribution in [0.15, 0.2) is 12.2 Å². The Kier molecular flexibility index (Phi) is 12.4. The van der Waals surface area contributed by atoms with Crippen molar-refractivity contribution in [2.45, 2.75) is 64.7 Å². The van der Waals surface area contributed by atoms with Crippen molar-refractivity contribution in [3.63, 3.8) is 0 Å². The molecule has 0 radical (unpaired) electrons. The van der Waals surface area contributed by atoms with E-state index in [-0.39, 0.29) is 6.42 Å². The molecule has 0 unspecified atom stereocenters. The lowest BCUT2D eigenvalue weighted by Gasteiger charge is -2.17. The Labute approximate surface area is 146 Å². The number of thioether (sulfide) groups is 1. The Morgan fingerprint density at radius 1 is 1.13 bits per heavy atom. The van der Waals surface area contributed by atoms with E-state index >= 15 is 0 Å². The van der Waals surface area contributed by atoms with Crippen LogP contribution < -0.4 is 0 Å². The molecule has 2 atom stereocenters. The van der Waals surface area contributed by atoms with E-state index in [0.717, 1.165) is 44.3 Å². The minimum atomic E-state index is -0.694. The fourth-order valence-electron chi connectivity index (χ4n) is 2.95. The summed E-state index contributed by atoms with van der Waals surface area (Å²) in [6.45, 7) is 4.07. The van der Waals surface area contributed by atoms with Gasteiger partial charge >= 0.3 is 5.97 Å². The van der Waals surface area contributed by atoms with Crippen LogP contribution in [0.4, 0.5) is 0 Å². The number of allylic oxidation sites excluding steroid dienone is 2. The van der Waals surface area contributed by atoms with E-state index in [4.69, 9.17) is 9.84 Å². The van der Waals surface area contributed by atoms with E-state index in [1.165, 1.54) is 43.6 Å². The highest BCUT2D eigenvalue weighted by atomic mass is 32.2. The summed E-state index contributed by atoms with van der Waals surface area (Å²) in [4.78, 5) is 10.4. The van der Waals surface area contributed by atoms with Gasteiger partial charge in [-0.05, 0) is 55.4 Å². The third kappa shape index (κ3) is 10.8. The van der Waals surface area contributed by atoms with Gasteiger partial charge in [0.25, 0.3) is 0 Å². The zero-order chi connectivity index (χ0) is 16.8. The van der Waals surface area contributed by atoms with Crippen LogP contribution in [0, 0.1) is 11.8 Å². The number of hydrogen-bond acceptors (Lipinski definition) is 3. The van der Waals surface area contributed by atoms with E-state index in [0.29, 0.717) is 0 Å². The van der Waals surface area contributed by atoms with Gasteiger partial charge in [-0.1, -0.05) is 38.3 Å². The van der Waals surface area contributed by atoms with Gasteiger partial charge in [0.15, 0.2) is 0 Å². The molecule has 0 aliphatic carbocycles. The standard InChI is InChI=1S/C19H34O3S/c1-2-3-4-9-13-22-14-12-18-16-23-15-17(18)10-7-5-6-8-11-19(20)21/h5,7,17-18H,2-4,6,8-16H2,1H3,(H,20,21)/t17-,18+/m0/s1. The zero-order valence-corrected chi connectivity index (χ0v) is 15.5. The minimum Gasteiger partial charge on any atom is -0.481 e. The number of rotatable bonds is 14. The van der Waals surface area contributed by atoms with Crippen molar-refractivity contribution >= 4 is 17.7 Å². The van der Waals surface area contributed by atoms with Gasteiger partial charge in [0, 0.05) is 19.6 Å². The highest BCUT2D eigenvalue weighted by Crippen LogP contribution is 2.34. The smallest absolute Gasteiger partial charge is 0.303 e. The summed E-state index contributed by atoms with van der Waals surface area (Å²) in [6.07, 6.45) is 13.8. The van der Waals surface area contributed by atoms with E-state index in [2.05, 4.69) is 30.8 Å². The van der Waals surface area contributed by atoms with Crippen LogP contribution in [-0.2, 0) is 9.53 Å². The highest BCUT2D eigenvalue weighted by Gasteiger charge is 2.26. The molecule has 3 nitrogen and oxygen atoms in total. The third-order valence-electron chi connectivity index (χ3n) is 4.47. The second-order valence-electron chi connectivity index (χ2n) is 6.51. The Morgan fingerprint density at radius 3 is 2.74 bits per heavy atom. The molecule has 0 saturated carbocycles. The van der Waals surface area contributed by atoms with E-state index < -0.39 is 5.97 Å². The van der Waals surface area contributed by atoms with Crippen LogP contribution in [0.2, 0.25) is 0 Å². The Balaban J connectivity index is 2.04. The number of unbranched alkanes of at least 4 members (excludes halogenated alkanes) is 4. The molecule has 0 aromatic heterocycles. The molecular weight excluding hydrogens is 308 g/mol. The highest BCUT2D eigenvalue weighted by molar-refractivity contribution is 7.99. The molecule has 0 amide bonds. The normalized spacial score (nSPS) is 21.3. The summed E-state index contributed by atoms with van der Waals surface area (Å²) in [5.41, 5.74) is 0. The first-order chi connectivity index (χ1) is 11.2. The van der Waals surface area contributed by atoms with Crippen LogP contribution in [0.5, 0.6) is 0 Å².